The van der Waals surface area contributed by atoms with Gasteiger partial charge in [0.1, 0.15) is 5.75 Å². The molecule has 0 heterocycles. The summed E-state index contributed by atoms with van der Waals surface area (Å²) in [5.41, 5.74) is 2.94. The Balaban J connectivity index is 1.86. The third-order valence-electron chi connectivity index (χ3n) is 3.74. The van der Waals surface area contributed by atoms with Crippen LogP contribution in [0.1, 0.15) is 16.7 Å². The van der Waals surface area contributed by atoms with E-state index in [1.54, 1.807) is 36.2 Å². The minimum Gasteiger partial charge on any atom is -0.484 e. The van der Waals surface area contributed by atoms with Gasteiger partial charge in [-0.25, -0.2) is 0 Å². The molecule has 0 aliphatic rings. The number of carbonyl (C=O) groups is 2. The van der Waals surface area contributed by atoms with E-state index in [9.17, 15) is 9.59 Å². The molecule has 0 aliphatic heterocycles. The van der Waals surface area contributed by atoms with E-state index in [1.165, 1.54) is 0 Å². The quantitative estimate of drug-likeness (QED) is 0.849. The molecule has 0 saturated heterocycles. The predicted molar refractivity (Wildman–Crippen MR) is 90.9 cm³/mol. The van der Waals surface area contributed by atoms with Gasteiger partial charge in [-0.2, -0.15) is 0 Å². The smallest absolute Gasteiger partial charge is 0.307 e. The Hall–Kier alpha value is -2.82. The highest BCUT2D eigenvalue weighted by Gasteiger charge is 2.11. The number of benzene rings is 2. The number of aryl methyl sites for hydroxylation is 1. The summed E-state index contributed by atoms with van der Waals surface area (Å²) in [6.07, 6.45) is -0.0294. The number of nitrogens with zero attached hydrogens (tertiary/aromatic N) is 1. The summed E-state index contributed by atoms with van der Waals surface area (Å²) < 4.78 is 5.48. The lowest BCUT2D eigenvalue weighted by molar-refractivity contribution is -0.136. The third-order valence-corrected chi connectivity index (χ3v) is 3.74. The number of carboxylic acid groups (broad SMARTS) is 1. The first-order chi connectivity index (χ1) is 11.5. The molecule has 5 nitrogen and oxygen atoms in total. The molecule has 2 aromatic carbocycles. The highest BCUT2D eigenvalue weighted by atomic mass is 16.5. The highest BCUT2D eigenvalue weighted by Crippen LogP contribution is 2.13. The summed E-state index contributed by atoms with van der Waals surface area (Å²) >= 11 is 0. The fraction of sp³-hybridized carbons (Fsp3) is 0.263. The van der Waals surface area contributed by atoms with Gasteiger partial charge in [0.25, 0.3) is 5.91 Å². The van der Waals surface area contributed by atoms with Crippen molar-refractivity contribution in [3.63, 3.8) is 0 Å². The summed E-state index contributed by atoms with van der Waals surface area (Å²) in [5.74, 6) is -0.452. The van der Waals surface area contributed by atoms with Crippen molar-refractivity contribution in [2.24, 2.45) is 0 Å². The van der Waals surface area contributed by atoms with Crippen LogP contribution in [0.5, 0.6) is 5.75 Å². The van der Waals surface area contributed by atoms with E-state index in [0.29, 0.717) is 17.9 Å². The van der Waals surface area contributed by atoms with Crippen LogP contribution in [-0.4, -0.2) is 35.5 Å². The first kappa shape index (κ1) is 17.5. The van der Waals surface area contributed by atoms with Crippen molar-refractivity contribution in [3.05, 3.63) is 65.2 Å². The number of rotatable bonds is 7. The van der Waals surface area contributed by atoms with Crippen molar-refractivity contribution in [2.75, 3.05) is 13.7 Å². The second-order valence-electron chi connectivity index (χ2n) is 5.68. The van der Waals surface area contributed by atoms with E-state index in [2.05, 4.69) is 0 Å². The molecule has 0 unspecified atom stereocenters. The zero-order valence-electron chi connectivity index (χ0n) is 13.9. The van der Waals surface area contributed by atoms with Gasteiger partial charge in [0, 0.05) is 13.6 Å². The van der Waals surface area contributed by atoms with Crippen LogP contribution in [0.15, 0.2) is 48.5 Å². The van der Waals surface area contributed by atoms with Crippen molar-refractivity contribution in [1.82, 2.24) is 4.90 Å². The average molecular weight is 327 g/mol. The van der Waals surface area contributed by atoms with Crippen molar-refractivity contribution in [2.45, 2.75) is 19.9 Å². The number of hydrogen-bond donors (Lipinski definition) is 1. The summed E-state index contributed by atoms with van der Waals surface area (Å²) in [5, 5.41) is 8.73. The van der Waals surface area contributed by atoms with E-state index in [1.807, 2.05) is 31.2 Å². The maximum absolute atomic E-state index is 12.2. The number of likely N-dealkylation sites (N-methyl/N-ethyl adjacent to an activating group) is 1. The van der Waals surface area contributed by atoms with Gasteiger partial charge in [-0.1, -0.05) is 36.4 Å². The molecule has 1 amide bonds. The molecule has 2 aromatic rings. The molecule has 2 rings (SSSR count). The molecule has 1 N–H and O–H groups in total. The molecule has 24 heavy (non-hydrogen) atoms. The molecule has 0 saturated carbocycles. The van der Waals surface area contributed by atoms with E-state index in [-0.39, 0.29) is 18.9 Å². The molecule has 0 spiro atoms. The Kier molecular flexibility index (Phi) is 5.95. The van der Waals surface area contributed by atoms with Gasteiger partial charge < -0.3 is 14.7 Å². The molecule has 126 valence electrons. The Morgan fingerprint density at radius 1 is 1.08 bits per heavy atom. The maximum atomic E-state index is 12.2. The summed E-state index contributed by atoms with van der Waals surface area (Å²) in [7, 11) is 1.74. The normalized spacial score (nSPS) is 10.2. The number of amides is 1. The van der Waals surface area contributed by atoms with Gasteiger partial charge >= 0.3 is 5.97 Å². The lowest BCUT2D eigenvalue weighted by Crippen LogP contribution is -2.31. The van der Waals surface area contributed by atoms with Crippen LogP contribution in [-0.2, 0) is 22.6 Å². The number of ether oxygens (including phenoxy) is 1. The Morgan fingerprint density at radius 2 is 1.75 bits per heavy atom. The first-order valence-corrected chi connectivity index (χ1v) is 7.67. The molecule has 0 fully saturated rings. The molecule has 0 aliphatic carbocycles. The van der Waals surface area contributed by atoms with E-state index in [4.69, 9.17) is 9.84 Å². The molecule has 0 aromatic heterocycles. The van der Waals surface area contributed by atoms with Crippen molar-refractivity contribution >= 4 is 11.9 Å². The summed E-state index contributed by atoms with van der Waals surface area (Å²) in [6.45, 7) is 2.50. The second-order valence-corrected chi connectivity index (χ2v) is 5.68. The van der Waals surface area contributed by atoms with Crippen LogP contribution in [0.2, 0.25) is 0 Å². The molecular formula is C19H21NO4. The Bertz CT molecular complexity index is 710. The number of hydrogen-bond acceptors (Lipinski definition) is 3. The van der Waals surface area contributed by atoms with Gasteiger partial charge in [0.15, 0.2) is 6.61 Å². The van der Waals surface area contributed by atoms with Crippen LogP contribution in [0.25, 0.3) is 0 Å². The summed E-state index contributed by atoms with van der Waals surface area (Å²) in [4.78, 5) is 24.4. The van der Waals surface area contributed by atoms with Gasteiger partial charge in [-0.15, -0.1) is 0 Å². The van der Waals surface area contributed by atoms with Crippen LogP contribution in [0.4, 0.5) is 0 Å². The Labute approximate surface area is 141 Å². The molecule has 0 radical (unpaired) electrons. The SMILES string of the molecule is Cc1ccccc1CN(C)C(=O)COc1ccc(CC(=O)O)cc1. The zero-order chi connectivity index (χ0) is 17.5. The Morgan fingerprint density at radius 3 is 2.38 bits per heavy atom. The van der Waals surface area contributed by atoms with Crippen molar-refractivity contribution in [3.8, 4) is 5.75 Å². The second kappa shape index (κ2) is 8.15. The lowest BCUT2D eigenvalue weighted by Gasteiger charge is -2.18. The molecule has 5 heteroatoms. The monoisotopic (exact) mass is 327 g/mol. The van der Waals surface area contributed by atoms with Crippen LogP contribution >= 0.6 is 0 Å². The minimum absolute atomic E-state index is 0.0294. The third kappa shape index (κ3) is 5.12. The van der Waals surface area contributed by atoms with E-state index in [0.717, 1.165) is 11.1 Å². The number of carbonyl (C=O) groups excluding carboxylic acids is 1. The maximum Gasteiger partial charge on any atom is 0.307 e. The lowest BCUT2D eigenvalue weighted by atomic mass is 10.1. The van der Waals surface area contributed by atoms with Gasteiger partial charge in [-0.05, 0) is 35.7 Å². The van der Waals surface area contributed by atoms with Crippen molar-refractivity contribution < 1.29 is 19.4 Å². The topological polar surface area (TPSA) is 66.8 Å². The van der Waals surface area contributed by atoms with Crippen LogP contribution in [0.3, 0.4) is 0 Å². The standard InChI is InChI=1S/C19H21NO4/c1-14-5-3-4-6-16(14)12-20(2)18(21)13-24-17-9-7-15(8-10-17)11-19(22)23/h3-10H,11-13H2,1-2H3,(H,22,23). The first-order valence-electron chi connectivity index (χ1n) is 7.67. The highest BCUT2D eigenvalue weighted by molar-refractivity contribution is 5.77. The largest absolute Gasteiger partial charge is 0.484 e. The fourth-order valence-corrected chi connectivity index (χ4v) is 2.26. The van der Waals surface area contributed by atoms with Gasteiger partial charge in [-0.3, -0.25) is 9.59 Å². The molecule has 0 bridgehead atoms. The average Bonchev–Trinajstić information content (AvgIpc) is 2.55. The molecule has 0 atom stereocenters. The fourth-order valence-electron chi connectivity index (χ4n) is 2.26. The predicted octanol–water partition coefficient (Wildman–Crippen LogP) is 2.66. The zero-order valence-corrected chi connectivity index (χ0v) is 13.9. The number of aliphatic carboxylic acids is 1. The van der Waals surface area contributed by atoms with Gasteiger partial charge in [0.2, 0.25) is 0 Å². The van der Waals surface area contributed by atoms with Crippen LogP contribution in [0, 0.1) is 6.92 Å². The van der Waals surface area contributed by atoms with Crippen LogP contribution < -0.4 is 4.74 Å². The van der Waals surface area contributed by atoms with Gasteiger partial charge in [0.05, 0.1) is 6.42 Å². The summed E-state index contributed by atoms with van der Waals surface area (Å²) in [6, 6.07) is 14.7. The van der Waals surface area contributed by atoms with E-state index < -0.39 is 5.97 Å². The minimum atomic E-state index is -0.878. The van der Waals surface area contributed by atoms with E-state index >= 15 is 0 Å². The van der Waals surface area contributed by atoms with Crippen molar-refractivity contribution in [1.29, 1.82) is 0 Å². The molecular weight excluding hydrogens is 306 g/mol. The number of carboxylic acids is 1.